The predicted molar refractivity (Wildman–Crippen MR) is 95.9 cm³/mol. The molecule has 2 aromatic heterocycles. The lowest BCUT2D eigenvalue weighted by Gasteiger charge is -2.14. The van der Waals surface area contributed by atoms with Crippen LogP contribution in [0.4, 0.5) is 0 Å². The van der Waals surface area contributed by atoms with E-state index in [0.717, 1.165) is 50.0 Å². The van der Waals surface area contributed by atoms with Crippen molar-refractivity contribution in [1.29, 1.82) is 0 Å². The van der Waals surface area contributed by atoms with Crippen molar-refractivity contribution >= 4 is 5.91 Å². The van der Waals surface area contributed by atoms with Crippen molar-refractivity contribution in [2.24, 2.45) is 11.8 Å². The summed E-state index contributed by atoms with van der Waals surface area (Å²) in [6, 6.07) is 1.99. The first-order valence-electron chi connectivity index (χ1n) is 9.88. The molecule has 2 aromatic rings. The van der Waals surface area contributed by atoms with Crippen molar-refractivity contribution in [3.63, 3.8) is 0 Å². The maximum Gasteiger partial charge on any atom is 0.274 e. The molecule has 0 aromatic carbocycles. The Balaban J connectivity index is 1.38. The first-order chi connectivity index (χ1) is 12.6. The number of likely N-dealkylation sites (tertiary alicyclic amines) is 1. The molecule has 3 aliphatic rings. The van der Waals surface area contributed by atoms with Crippen molar-refractivity contribution < 1.29 is 4.79 Å². The highest BCUT2D eigenvalue weighted by Crippen LogP contribution is 2.47. The van der Waals surface area contributed by atoms with Gasteiger partial charge < -0.3 is 4.90 Å². The van der Waals surface area contributed by atoms with Gasteiger partial charge in [0.1, 0.15) is 5.82 Å². The second kappa shape index (κ2) is 5.93. The Hall–Kier alpha value is -2.18. The number of aryl methyl sites for hydroxylation is 2. The maximum atomic E-state index is 13.0. The second-order valence-electron chi connectivity index (χ2n) is 8.40. The number of nitrogens with one attached hydrogen (secondary N) is 1. The lowest BCUT2D eigenvalue weighted by Crippen LogP contribution is -2.29. The molecule has 2 aliphatic heterocycles. The van der Waals surface area contributed by atoms with Gasteiger partial charge in [0.25, 0.3) is 5.91 Å². The molecule has 138 valence electrons. The lowest BCUT2D eigenvalue weighted by molar-refractivity contribution is 0.0778. The van der Waals surface area contributed by atoms with Gasteiger partial charge in [0.05, 0.1) is 0 Å². The van der Waals surface area contributed by atoms with Crippen LogP contribution < -0.4 is 0 Å². The number of hydrogen-bond donors (Lipinski definition) is 1. The first kappa shape index (κ1) is 16.0. The molecule has 1 saturated carbocycles. The number of carbonyl (C=O) groups excluding carboxylic acids is 1. The van der Waals surface area contributed by atoms with Crippen LogP contribution in [-0.4, -0.2) is 48.9 Å². The maximum absolute atomic E-state index is 13.0. The van der Waals surface area contributed by atoms with Gasteiger partial charge >= 0.3 is 0 Å². The van der Waals surface area contributed by atoms with Crippen molar-refractivity contribution in [2.45, 2.75) is 57.9 Å². The van der Waals surface area contributed by atoms with Crippen LogP contribution in [0, 0.1) is 11.8 Å². The Kier molecular flexibility index (Phi) is 3.65. The Morgan fingerprint density at radius 3 is 2.85 bits per heavy atom. The molecule has 2 fully saturated rings. The molecule has 0 radical (unpaired) electrons. The predicted octanol–water partition coefficient (Wildman–Crippen LogP) is 2.34. The van der Waals surface area contributed by atoms with Crippen LogP contribution in [0.25, 0.3) is 0 Å². The number of aromatic nitrogens is 5. The molecule has 1 amide bonds. The van der Waals surface area contributed by atoms with Crippen LogP contribution in [0.1, 0.15) is 72.8 Å². The Labute approximate surface area is 153 Å². The zero-order valence-corrected chi connectivity index (χ0v) is 15.5. The third-order valence-electron chi connectivity index (χ3n) is 6.15. The summed E-state index contributed by atoms with van der Waals surface area (Å²) in [5.74, 6) is 3.67. The zero-order chi connectivity index (χ0) is 17.8. The van der Waals surface area contributed by atoms with E-state index < -0.39 is 0 Å². The van der Waals surface area contributed by atoms with E-state index in [4.69, 9.17) is 4.98 Å². The minimum absolute atomic E-state index is 0.0728. The van der Waals surface area contributed by atoms with E-state index in [1.54, 1.807) is 0 Å². The number of H-pyrrole nitrogens is 1. The minimum atomic E-state index is 0.0728. The summed E-state index contributed by atoms with van der Waals surface area (Å²) in [7, 11) is 0. The average molecular weight is 354 g/mol. The normalized spacial score (nSPS) is 25.3. The third-order valence-corrected chi connectivity index (χ3v) is 6.15. The molecule has 1 N–H and O–H groups in total. The number of aromatic amines is 1. The van der Waals surface area contributed by atoms with E-state index >= 15 is 0 Å². The van der Waals surface area contributed by atoms with Gasteiger partial charge in [0.2, 0.25) is 0 Å². The van der Waals surface area contributed by atoms with Gasteiger partial charge in [-0.1, -0.05) is 13.8 Å². The van der Waals surface area contributed by atoms with Gasteiger partial charge in [-0.2, -0.15) is 10.2 Å². The highest BCUT2D eigenvalue weighted by Gasteiger charge is 2.46. The van der Waals surface area contributed by atoms with Crippen LogP contribution in [0.3, 0.4) is 0 Å². The zero-order valence-electron chi connectivity index (χ0n) is 15.5. The van der Waals surface area contributed by atoms with Gasteiger partial charge in [-0.3, -0.25) is 14.6 Å². The smallest absolute Gasteiger partial charge is 0.274 e. The molecule has 26 heavy (non-hydrogen) atoms. The highest BCUT2D eigenvalue weighted by atomic mass is 16.2. The Bertz CT molecular complexity index is 811. The summed E-state index contributed by atoms with van der Waals surface area (Å²) in [6.45, 7) is 6.68. The fourth-order valence-corrected chi connectivity index (χ4v) is 4.52. The molecule has 5 rings (SSSR count). The average Bonchev–Trinajstić information content (AvgIpc) is 3.05. The van der Waals surface area contributed by atoms with Gasteiger partial charge in [-0.15, -0.1) is 0 Å². The number of carbonyl (C=O) groups is 1. The molecule has 0 spiro atoms. The van der Waals surface area contributed by atoms with Crippen molar-refractivity contribution in [3.05, 3.63) is 29.1 Å². The van der Waals surface area contributed by atoms with Crippen molar-refractivity contribution in [1.82, 2.24) is 29.9 Å². The summed E-state index contributed by atoms with van der Waals surface area (Å²) >= 11 is 0. The Morgan fingerprint density at radius 1 is 1.31 bits per heavy atom. The molecule has 1 aliphatic carbocycles. The lowest BCUT2D eigenvalue weighted by atomic mass is 9.91. The molecule has 0 bridgehead atoms. The van der Waals surface area contributed by atoms with Gasteiger partial charge in [0.15, 0.2) is 11.5 Å². The van der Waals surface area contributed by atoms with Crippen LogP contribution in [-0.2, 0) is 13.0 Å². The molecule has 1 saturated heterocycles. The van der Waals surface area contributed by atoms with Gasteiger partial charge in [-0.25, -0.2) is 4.98 Å². The van der Waals surface area contributed by atoms with E-state index in [1.165, 1.54) is 18.5 Å². The summed E-state index contributed by atoms with van der Waals surface area (Å²) < 4.78 is 1.99. The van der Waals surface area contributed by atoms with Gasteiger partial charge in [0, 0.05) is 37.2 Å². The third kappa shape index (κ3) is 2.64. The second-order valence-corrected chi connectivity index (χ2v) is 8.40. The summed E-state index contributed by atoms with van der Waals surface area (Å²) in [4.78, 5) is 19.8. The number of fused-ring (bicyclic) bond motifs is 1. The van der Waals surface area contributed by atoms with E-state index in [9.17, 15) is 4.79 Å². The summed E-state index contributed by atoms with van der Waals surface area (Å²) in [6.07, 6.45) is 4.71. The van der Waals surface area contributed by atoms with Gasteiger partial charge in [-0.05, 0) is 43.6 Å². The largest absolute Gasteiger partial charge is 0.336 e. The highest BCUT2D eigenvalue weighted by molar-refractivity contribution is 5.92. The SMILES string of the molecule is CC(C)c1n[nH]c([C@H]2CN(C(=O)c3cc4n(n3)CCC4)C[C@@H]2C2CC2)n1. The monoisotopic (exact) mass is 354 g/mol. The van der Waals surface area contributed by atoms with Crippen LogP contribution in [0.2, 0.25) is 0 Å². The molecular formula is C19H26N6O. The number of rotatable bonds is 4. The fourth-order valence-electron chi connectivity index (χ4n) is 4.52. The standard InChI is InChI=1S/C19H26N6O/c1-11(2)17-20-18(22-21-17)15-10-24(9-14(15)12-5-6-12)19(26)16-8-13-4-3-7-25(13)23-16/h8,11-12,14-15H,3-7,9-10H2,1-2H3,(H,20,21,22)/t14-,15+/m1/s1. The molecule has 7 heteroatoms. The fraction of sp³-hybridized carbons (Fsp3) is 0.684. The number of hydrogen-bond acceptors (Lipinski definition) is 4. The molecular weight excluding hydrogens is 328 g/mol. The Morgan fingerprint density at radius 2 is 2.15 bits per heavy atom. The number of amides is 1. The van der Waals surface area contributed by atoms with E-state index in [0.29, 0.717) is 17.5 Å². The van der Waals surface area contributed by atoms with Crippen LogP contribution in [0.15, 0.2) is 6.07 Å². The van der Waals surface area contributed by atoms with E-state index in [2.05, 4.69) is 29.1 Å². The van der Waals surface area contributed by atoms with Crippen LogP contribution >= 0.6 is 0 Å². The van der Waals surface area contributed by atoms with Crippen molar-refractivity contribution in [3.8, 4) is 0 Å². The first-order valence-corrected chi connectivity index (χ1v) is 9.88. The minimum Gasteiger partial charge on any atom is -0.336 e. The molecule has 4 heterocycles. The van der Waals surface area contributed by atoms with E-state index in [1.807, 2.05) is 15.6 Å². The molecule has 2 atom stereocenters. The molecule has 0 unspecified atom stereocenters. The van der Waals surface area contributed by atoms with Crippen molar-refractivity contribution in [2.75, 3.05) is 13.1 Å². The molecule has 7 nitrogen and oxygen atoms in total. The summed E-state index contributed by atoms with van der Waals surface area (Å²) in [5, 5.41) is 12.1. The summed E-state index contributed by atoms with van der Waals surface area (Å²) in [5.41, 5.74) is 1.80. The van der Waals surface area contributed by atoms with E-state index in [-0.39, 0.29) is 11.8 Å². The van der Waals surface area contributed by atoms with Crippen LogP contribution in [0.5, 0.6) is 0 Å². The number of nitrogens with zero attached hydrogens (tertiary/aromatic N) is 5. The topological polar surface area (TPSA) is 79.7 Å². The quantitative estimate of drug-likeness (QED) is 0.914.